The number of rotatable bonds is 6. The van der Waals surface area contributed by atoms with Gasteiger partial charge in [-0.25, -0.2) is 0 Å². The SMILES string of the molecule is O=C(NCC1CCCNC1)c1ccc(-c2ccc(OC(F)F)cc2)s1. The molecule has 1 aliphatic rings. The number of ether oxygens (including phenoxy) is 1. The maximum atomic E-state index is 12.3. The molecule has 0 spiro atoms. The minimum Gasteiger partial charge on any atom is -0.435 e. The van der Waals surface area contributed by atoms with Crippen LogP contribution in [0, 0.1) is 5.92 Å². The summed E-state index contributed by atoms with van der Waals surface area (Å²) >= 11 is 1.38. The van der Waals surface area contributed by atoms with Crippen molar-refractivity contribution in [3.05, 3.63) is 41.3 Å². The van der Waals surface area contributed by atoms with E-state index in [0.29, 0.717) is 17.3 Å². The molecule has 1 unspecified atom stereocenters. The Labute approximate surface area is 149 Å². The molecule has 25 heavy (non-hydrogen) atoms. The third kappa shape index (κ3) is 4.99. The first-order valence-electron chi connectivity index (χ1n) is 8.26. The van der Waals surface area contributed by atoms with E-state index in [2.05, 4.69) is 15.4 Å². The molecule has 0 radical (unpaired) electrons. The lowest BCUT2D eigenvalue weighted by Gasteiger charge is -2.22. The van der Waals surface area contributed by atoms with Crippen molar-refractivity contribution < 1.29 is 18.3 Å². The molecule has 0 bridgehead atoms. The Morgan fingerprint density at radius 1 is 1.28 bits per heavy atom. The first kappa shape index (κ1) is 17.8. The van der Waals surface area contributed by atoms with Crippen molar-refractivity contribution >= 4 is 17.2 Å². The van der Waals surface area contributed by atoms with E-state index >= 15 is 0 Å². The highest BCUT2D eigenvalue weighted by Crippen LogP contribution is 2.29. The van der Waals surface area contributed by atoms with Crippen LogP contribution >= 0.6 is 11.3 Å². The number of nitrogens with one attached hydrogen (secondary N) is 2. The number of piperidine rings is 1. The van der Waals surface area contributed by atoms with E-state index in [4.69, 9.17) is 0 Å². The van der Waals surface area contributed by atoms with Gasteiger partial charge in [0.05, 0.1) is 4.88 Å². The number of hydrogen-bond acceptors (Lipinski definition) is 4. The number of thiophene rings is 1. The number of amides is 1. The van der Waals surface area contributed by atoms with Crippen molar-refractivity contribution in [2.75, 3.05) is 19.6 Å². The fourth-order valence-electron chi connectivity index (χ4n) is 2.84. The van der Waals surface area contributed by atoms with Crippen molar-refractivity contribution in [3.8, 4) is 16.2 Å². The minimum atomic E-state index is -2.83. The van der Waals surface area contributed by atoms with E-state index in [1.165, 1.54) is 23.5 Å². The molecule has 1 aromatic heterocycles. The molecule has 1 atom stereocenters. The maximum absolute atomic E-state index is 12.3. The van der Waals surface area contributed by atoms with Crippen LogP contribution < -0.4 is 15.4 Å². The van der Waals surface area contributed by atoms with Crippen LogP contribution in [0.1, 0.15) is 22.5 Å². The van der Waals surface area contributed by atoms with Gasteiger partial charge in [0, 0.05) is 11.4 Å². The normalized spacial score (nSPS) is 17.5. The Balaban J connectivity index is 1.58. The second-order valence-electron chi connectivity index (χ2n) is 5.99. The average Bonchev–Trinajstić information content (AvgIpc) is 3.11. The minimum absolute atomic E-state index is 0.0699. The Bertz CT molecular complexity index is 697. The molecule has 0 aliphatic carbocycles. The maximum Gasteiger partial charge on any atom is 0.387 e. The summed E-state index contributed by atoms with van der Waals surface area (Å²) in [7, 11) is 0. The van der Waals surface area contributed by atoms with E-state index in [1.54, 1.807) is 18.2 Å². The first-order chi connectivity index (χ1) is 12.1. The lowest BCUT2D eigenvalue weighted by molar-refractivity contribution is -0.0498. The van der Waals surface area contributed by atoms with E-state index in [0.717, 1.165) is 36.4 Å². The van der Waals surface area contributed by atoms with E-state index in [9.17, 15) is 13.6 Å². The molecule has 2 N–H and O–H groups in total. The molecule has 4 nitrogen and oxygen atoms in total. The smallest absolute Gasteiger partial charge is 0.387 e. The van der Waals surface area contributed by atoms with Crippen LogP contribution in [0.2, 0.25) is 0 Å². The van der Waals surface area contributed by atoms with Gasteiger partial charge < -0.3 is 15.4 Å². The summed E-state index contributed by atoms with van der Waals surface area (Å²) in [6, 6.07) is 10.1. The predicted molar refractivity (Wildman–Crippen MR) is 94.3 cm³/mol. The van der Waals surface area contributed by atoms with E-state index in [1.807, 2.05) is 6.07 Å². The van der Waals surface area contributed by atoms with Crippen molar-refractivity contribution in [2.45, 2.75) is 19.5 Å². The molecule has 1 amide bonds. The Hall–Kier alpha value is -1.99. The Morgan fingerprint density at radius 3 is 2.76 bits per heavy atom. The number of carbonyl (C=O) groups is 1. The third-order valence-electron chi connectivity index (χ3n) is 4.14. The molecule has 7 heteroatoms. The number of benzene rings is 1. The van der Waals surface area contributed by atoms with Crippen molar-refractivity contribution in [2.24, 2.45) is 5.92 Å². The van der Waals surface area contributed by atoms with Gasteiger partial charge in [0.1, 0.15) is 5.75 Å². The zero-order valence-electron chi connectivity index (χ0n) is 13.6. The summed E-state index contributed by atoms with van der Waals surface area (Å²) in [4.78, 5) is 13.8. The van der Waals surface area contributed by atoms with Gasteiger partial charge in [0.2, 0.25) is 0 Å². The molecule has 1 aromatic carbocycles. The molecule has 1 saturated heterocycles. The second-order valence-corrected chi connectivity index (χ2v) is 7.07. The third-order valence-corrected chi connectivity index (χ3v) is 5.28. The van der Waals surface area contributed by atoms with Crippen molar-refractivity contribution in [1.82, 2.24) is 10.6 Å². The topological polar surface area (TPSA) is 50.4 Å². The second kappa shape index (κ2) is 8.40. The van der Waals surface area contributed by atoms with Gasteiger partial charge in [-0.2, -0.15) is 8.78 Å². The largest absolute Gasteiger partial charge is 0.435 e. The molecular formula is C18H20F2N2O2S. The number of hydrogen-bond donors (Lipinski definition) is 2. The zero-order valence-corrected chi connectivity index (χ0v) is 14.5. The van der Waals surface area contributed by atoms with Crippen LogP contribution in [0.4, 0.5) is 8.78 Å². The van der Waals surface area contributed by atoms with Gasteiger partial charge in [0.15, 0.2) is 0 Å². The number of carbonyl (C=O) groups excluding carboxylic acids is 1. The summed E-state index contributed by atoms with van der Waals surface area (Å²) in [6.45, 7) is -0.149. The monoisotopic (exact) mass is 366 g/mol. The molecule has 134 valence electrons. The highest BCUT2D eigenvalue weighted by atomic mass is 32.1. The molecule has 0 saturated carbocycles. The molecule has 1 aliphatic heterocycles. The molecule has 1 fully saturated rings. The Kier molecular flexibility index (Phi) is 5.99. The van der Waals surface area contributed by atoms with Crippen LogP contribution in [0.15, 0.2) is 36.4 Å². The van der Waals surface area contributed by atoms with Gasteiger partial charge in [-0.15, -0.1) is 11.3 Å². The molecule has 2 aromatic rings. The van der Waals surface area contributed by atoms with Gasteiger partial charge in [-0.1, -0.05) is 0 Å². The highest BCUT2D eigenvalue weighted by molar-refractivity contribution is 7.17. The predicted octanol–water partition coefficient (Wildman–Crippen LogP) is 3.75. The number of halogens is 2. The van der Waals surface area contributed by atoms with Gasteiger partial charge in [-0.05, 0) is 73.8 Å². The summed E-state index contributed by atoms with van der Waals surface area (Å²) < 4.78 is 28.7. The highest BCUT2D eigenvalue weighted by Gasteiger charge is 2.16. The van der Waals surface area contributed by atoms with E-state index < -0.39 is 6.61 Å². The van der Waals surface area contributed by atoms with Crippen molar-refractivity contribution in [1.29, 1.82) is 0 Å². The summed E-state index contributed by atoms with van der Waals surface area (Å²) in [5.41, 5.74) is 0.863. The van der Waals surface area contributed by atoms with Crippen LogP contribution in [0.5, 0.6) is 5.75 Å². The van der Waals surface area contributed by atoms with Crippen LogP contribution in [0.3, 0.4) is 0 Å². The van der Waals surface area contributed by atoms with Gasteiger partial charge in [0.25, 0.3) is 5.91 Å². The lowest BCUT2D eigenvalue weighted by Crippen LogP contribution is -2.37. The number of alkyl halides is 2. The fraction of sp³-hybridized carbons (Fsp3) is 0.389. The van der Waals surface area contributed by atoms with Gasteiger partial charge in [-0.3, -0.25) is 4.79 Å². The average molecular weight is 366 g/mol. The molecule has 3 rings (SSSR count). The lowest BCUT2D eigenvalue weighted by atomic mass is 10.00. The zero-order chi connectivity index (χ0) is 17.6. The summed E-state index contributed by atoms with van der Waals surface area (Å²) in [6.07, 6.45) is 2.28. The summed E-state index contributed by atoms with van der Waals surface area (Å²) in [5, 5.41) is 6.33. The molecule has 2 heterocycles. The summed E-state index contributed by atoms with van der Waals surface area (Å²) in [5.74, 6) is 0.536. The quantitative estimate of drug-likeness (QED) is 0.819. The Morgan fingerprint density at radius 2 is 2.08 bits per heavy atom. The van der Waals surface area contributed by atoms with Crippen molar-refractivity contribution in [3.63, 3.8) is 0 Å². The first-order valence-corrected chi connectivity index (χ1v) is 9.07. The van der Waals surface area contributed by atoms with Crippen LogP contribution in [-0.2, 0) is 0 Å². The standard InChI is InChI=1S/C18H20F2N2O2S/c19-18(20)24-14-5-3-13(4-6-14)15-7-8-16(25-15)17(23)22-11-12-2-1-9-21-10-12/h3-8,12,18,21H,1-2,9-11H2,(H,22,23). The van der Waals surface area contributed by atoms with Crippen LogP contribution in [-0.4, -0.2) is 32.2 Å². The van der Waals surface area contributed by atoms with Gasteiger partial charge >= 0.3 is 6.61 Å². The van der Waals surface area contributed by atoms with E-state index in [-0.39, 0.29) is 11.7 Å². The molecular weight excluding hydrogens is 346 g/mol. The fourth-order valence-corrected chi connectivity index (χ4v) is 3.77. The van der Waals surface area contributed by atoms with Crippen LogP contribution in [0.25, 0.3) is 10.4 Å².